The van der Waals surface area contributed by atoms with E-state index >= 15 is 0 Å². The number of nitrogens with zero attached hydrogens (tertiary/aromatic N) is 3. The molecule has 0 saturated carbocycles. The van der Waals surface area contributed by atoms with E-state index in [0.29, 0.717) is 5.56 Å². The van der Waals surface area contributed by atoms with E-state index in [1.807, 2.05) is 66.7 Å². The van der Waals surface area contributed by atoms with Gasteiger partial charge in [-0.3, -0.25) is 9.59 Å². The molecule has 204 valence electrons. The second-order valence-corrected chi connectivity index (χ2v) is 10.9. The van der Waals surface area contributed by atoms with Crippen molar-refractivity contribution >= 4 is 34.1 Å². The minimum Gasteiger partial charge on any atom is -0.372 e. The summed E-state index contributed by atoms with van der Waals surface area (Å²) in [4.78, 5) is 31.5. The van der Waals surface area contributed by atoms with E-state index in [4.69, 9.17) is 0 Å². The Kier molecular flexibility index (Phi) is 6.31. The maximum atomic E-state index is 13.9. The number of carbonyl (C=O) groups excluding carboxylic acids is 2. The van der Waals surface area contributed by atoms with E-state index in [2.05, 4.69) is 58.2 Å². The largest absolute Gasteiger partial charge is 0.372 e. The lowest BCUT2D eigenvalue weighted by molar-refractivity contribution is -0.117. The summed E-state index contributed by atoms with van der Waals surface area (Å²) in [5.41, 5.74) is 7.71. The Balaban J connectivity index is 1.27. The number of amides is 2. The van der Waals surface area contributed by atoms with Gasteiger partial charge in [-0.2, -0.15) is 0 Å². The van der Waals surface area contributed by atoms with Gasteiger partial charge in [0.05, 0.1) is 11.7 Å². The Morgan fingerprint density at radius 1 is 0.829 bits per heavy atom. The van der Waals surface area contributed by atoms with Crippen molar-refractivity contribution in [3.05, 3.63) is 120 Å². The molecule has 2 aliphatic rings. The molecule has 7 rings (SSSR count). The summed E-state index contributed by atoms with van der Waals surface area (Å²) in [5, 5.41) is 4.11. The standard InChI is InChI=1S/C35H32N4O2/c1-37-30-16-8-7-15-29(30)32(33(37)24-11-3-2-4-12-24)34-27-13-5-6-14-28(27)35(41)39(34)23-31(40)36-25-17-19-26(20-18-25)38-21-9-10-22-38/h2-8,11-20,34H,9-10,21-23H2,1H3,(H,36,40). The Bertz CT molecular complexity index is 1750. The van der Waals surface area contributed by atoms with Crippen LogP contribution in [0.2, 0.25) is 0 Å². The molecule has 6 nitrogen and oxygen atoms in total. The number of aromatic nitrogens is 1. The van der Waals surface area contributed by atoms with Crippen LogP contribution in [0, 0.1) is 0 Å². The van der Waals surface area contributed by atoms with E-state index < -0.39 is 6.04 Å². The Morgan fingerprint density at radius 2 is 1.51 bits per heavy atom. The van der Waals surface area contributed by atoms with Crippen molar-refractivity contribution in [3.63, 3.8) is 0 Å². The minimum absolute atomic E-state index is 0.0521. The lowest BCUT2D eigenvalue weighted by Gasteiger charge is -2.26. The summed E-state index contributed by atoms with van der Waals surface area (Å²) >= 11 is 0. The third-order valence-corrected chi connectivity index (χ3v) is 8.46. The molecule has 0 spiro atoms. The maximum absolute atomic E-state index is 13.9. The van der Waals surface area contributed by atoms with Gasteiger partial charge in [-0.05, 0) is 60.4 Å². The van der Waals surface area contributed by atoms with Crippen LogP contribution in [0.1, 0.15) is 40.4 Å². The van der Waals surface area contributed by atoms with Crippen LogP contribution >= 0.6 is 0 Å². The number of hydrogen-bond donors (Lipinski definition) is 1. The van der Waals surface area contributed by atoms with Gasteiger partial charge in [-0.15, -0.1) is 0 Å². The first-order valence-electron chi connectivity index (χ1n) is 14.3. The number of benzene rings is 4. The number of hydrogen-bond acceptors (Lipinski definition) is 3. The molecule has 1 unspecified atom stereocenters. The highest BCUT2D eigenvalue weighted by atomic mass is 16.2. The van der Waals surface area contributed by atoms with Crippen molar-refractivity contribution in [2.24, 2.45) is 7.05 Å². The number of para-hydroxylation sites is 1. The number of fused-ring (bicyclic) bond motifs is 2. The second-order valence-electron chi connectivity index (χ2n) is 10.9. The first-order chi connectivity index (χ1) is 20.1. The molecule has 0 bridgehead atoms. The van der Waals surface area contributed by atoms with Gasteiger partial charge in [0, 0.05) is 53.5 Å². The predicted molar refractivity (Wildman–Crippen MR) is 164 cm³/mol. The van der Waals surface area contributed by atoms with E-state index in [0.717, 1.165) is 52.1 Å². The van der Waals surface area contributed by atoms with Crippen molar-refractivity contribution < 1.29 is 9.59 Å². The van der Waals surface area contributed by atoms with Crippen LogP contribution in [-0.2, 0) is 11.8 Å². The van der Waals surface area contributed by atoms with Gasteiger partial charge in [0.1, 0.15) is 6.54 Å². The van der Waals surface area contributed by atoms with Crippen LogP contribution in [0.4, 0.5) is 11.4 Å². The highest BCUT2D eigenvalue weighted by molar-refractivity contribution is 6.05. The highest BCUT2D eigenvalue weighted by Crippen LogP contribution is 2.46. The second kappa shape index (κ2) is 10.3. The Hall–Kier alpha value is -4.84. The number of aryl methyl sites for hydroxylation is 1. The topological polar surface area (TPSA) is 57.6 Å². The van der Waals surface area contributed by atoms with Crippen LogP contribution in [0.3, 0.4) is 0 Å². The summed E-state index contributed by atoms with van der Waals surface area (Å²) in [6, 6.07) is 33.9. The third-order valence-electron chi connectivity index (χ3n) is 8.46. The Morgan fingerprint density at radius 3 is 2.29 bits per heavy atom. The molecule has 2 aliphatic heterocycles. The fourth-order valence-corrected chi connectivity index (χ4v) is 6.58. The van der Waals surface area contributed by atoms with Crippen LogP contribution in [0.15, 0.2) is 103 Å². The summed E-state index contributed by atoms with van der Waals surface area (Å²) in [5.74, 6) is -0.344. The molecule has 1 aromatic heterocycles. The molecule has 1 atom stereocenters. The van der Waals surface area contributed by atoms with E-state index in [1.165, 1.54) is 18.5 Å². The van der Waals surface area contributed by atoms with Gasteiger partial charge in [-0.25, -0.2) is 0 Å². The molecule has 5 aromatic rings. The summed E-state index contributed by atoms with van der Waals surface area (Å²) in [6.07, 6.45) is 2.43. The molecular formula is C35H32N4O2. The zero-order valence-corrected chi connectivity index (χ0v) is 23.1. The molecule has 1 N–H and O–H groups in total. The van der Waals surface area contributed by atoms with Gasteiger partial charge in [0.25, 0.3) is 5.91 Å². The van der Waals surface area contributed by atoms with E-state index in [1.54, 1.807) is 4.90 Å². The molecule has 0 radical (unpaired) electrons. The molecule has 4 aromatic carbocycles. The van der Waals surface area contributed by atoms with Gasteiger partial charge in [0.15, 0.2) is 0 Å². The lowest BCUT2D eigenvalue weighted by Crippen LogP contribution is -2.36. The molecular weight excluding hydrogens is 508 g/mol. The average Bonchev–Trinajstić information content (AvgIpc) is 3.71. The molecule has 2 amide bonds. The van der Waals surface area contributed by atoms with Gasteiger partial charge in [0.2, 0.25) is 5.91 Å². The number of nitrogens with one attached hydrogen (secondary N) is 1. The maximum Gasteiger partial charge on any atom is 0.255 e. The summed E-state index contributed by atoms with van der Waals surface area (Å²) in [7, 11) is 2.07. The summed E-state index contributed by atoms with van der Waals surface area (Å²) in [6.45, 7) is 2.09. The fourth-order valence-electron chi connectivity index (χ4n) is 6.58. The average molecular weight is 541 g/mol. The monoisotopic (exact) mass is 540 g/mol. The number of anilines is 2. The van der Waals surface area contributed by atoms with Crippen LogP contribution < -0.4 is 10.2 Å². The van der Waals surface area contributed by atoms with E-state index in [9.17, 15) is 9.59 Å². The molecule has 3 heterocycles. The first kappa shape index (κ1) is 25.1. The third kappa shape index (κ3) is 4.36. The van der Waals surface area contributed by atoms with Gasteiger partial charge >= 0.3 is 0 Å². The molecule has 0 aliphatic carbocycles. The van der Waals surface area contributed by atoms with Crippen LogP contribution in [0.25, 0.3) is 22.2 Å². The number of rotatable bonds is 6. The predicted octanol–water partition coefficient (Wildman–Crippen LogP) is 6.63. The van der Waals surface area contributed by atoms with Gasteiger partial charge in [-0.1, -0.05) is 66.7 Å². The van der Waals surface area contributed by atoms with E-state index in [-0.39, 0.29) is 18.4 Å². The summed E-state index contributed by atoms with van der Waals surface area (Å²) < 4.78 is 2.20. The quantitative estimate of drug-likeness (QED) is 0.263. The SMILES string of the molecule is Cn1c(-c2ccccc2)c(C2c3ccccc3C(=O)N2CC(=O)Nc2ccc(N3CCCC3)cc2)c2ccccc21. The van der Waals surface area contributed by atoms with Crippen molar-refractivity contribution in [1.82, 2.24) is 9.47 Å². The van der Waals surface area contributed by atoms with Crippen LogP contribution in [-0.4, -0.2) is 40.9 Å². The van der Waals surface area contributed by atoms with Crippen molar-refractivity contribution in [2.45, 2.75) is 18.9 Å². The molecule has 1 fully saturated rings. The van der Waals surface area contributed by atoms with Crippen LogP contribution in [0.5, 0.6) is 0 Å². The first-order valence-corrected chi connectivity index (χ1v) is 14.3. The number of carbonyl (C=O) groups is 2. The molecule has 41 heavy (non-hydrogen) atoms. The van der Waals surface area contributed by atoms with Crippen molar-refractivity contribution in [3.8, 4) is 11.3 Å². The fraction of sp³-hybridized carbons (Fsp3) is 0.200. The Labute approximate surface area is 239 Å². The molecule has 6 heteroatoms. The smallest absolute Gasteiger partial charge is 0.255 e. The highest BCUT2D eigenvalue weighted by Gasteiger charge is 2.41. The molecule has 1 saturated heterocycles. The minimum atomic E-state index is -0.400. The lowest BCUT2D eigenvalue weighted by atomic mass is 9.93. The zero-order chi connectivity index (χ0) is 27.9. The van der Waals surface area contributed by atoms with Crippen molar-refractivity contribution in [2.75, 3.05) is 29.9 Å². The van der Waals surface area contributed by atoms with Gasteiger partial charge < -0.3 is 19.7 Å². The zero-order valence-electron chi connectivity index (χ0n) is 23.1. The van der Waals surface area contributed by atoms with Crippen molar-refractivity contribution in [1.29, 1.82) is 0 Å². The normalized spacial score (nSPS) is 16.4.